The van der Waals surface area contributed by atoms with Crippen LogP contribution in [-0.4, -0.2) is 21.2 Å². The summed E-state index contributed by atoms with van der Waals surface area (Å²) in [7, 11) is 0. The lowest BCUT2D eigenvalue weighted by molar-refractivity contribution is 0.102. The number of hydrogen-bond acceptors (Lipinski definition) is 3. The number of halogens is 1. The molecule has 0 saturated carbocycles. The fourth-order valence-electron chi connectivity index (χ4n) is 2.02. The highest BCUT2D eigenvalue weighted by Crippen LogP contribution is 2.21. The van der Waals surface area contributed by atoms with Crippen LogP contribution in [0.4, 0.5) is 0 Å². The van der Waals surface area contributed by atoms with E-state index in [0.29, 0.717) is 0 Å². The number of aryl methyl sites for hydroxylation is 2. The predicted molar refractivity (Wildman–Crippen MR) is 74.9 cm³/mol. The van der Waals surface area contributed by atoms with Gasteiger partial charge in [-0.2, -0.15) is 0 Å². The van der Waals surface area contributed by atoms with Crippen LogP contribution in [0.15, 0.2) is 11.6 Å². The highest BCUT2D eigenvalue weighted by molar-refractivity contribution is 7.09. The molecule has 0 unspecified atom stereocenters. The van der Waals surface area contributed by atoms with Gasteiger partial charge in [0.15, 0.2) is 5.78 Å². The van der Waals surface area contributed by atoms with Gasteiger partial charge in [0.2, 0.25) is 0 Å². The van der Waals surface area contributed by atoms with Crippen LogP contribution < -0.4 is 0 Å². The van der Waals surface area contributed by atoms with Gasteiger partial charge in [0, 0.05) is 21.8 Å². The van der Waals surface area contributed by atoms with Crippen LogP contribution in [0.5, 0.6) is 0 Å². The summed E-state index contributed by atoms with van der Waals surface area (Å²) in [6.45, 7) is 6.74. The third-order valence-electron chi connectivity index (χ3n) is 3.14. The van der Waals surface area contributed by atoms with E-state index in [1.165, 1.54) is 4.88 Å². The van der Waals surface area contributed by atoms with Gasteiger partial charge in [-0.25, -0.2) is 4.98 Å². The van der Waals surface area contributed by atoms with Crippen LogP contribution in [0.3, 0.4) is 0 Å². The summed E-state index contributed by atoms with van der Waals surface area (Å²) >= 11 is 7.26. The molecule has 0 spiro atoms. The highest BCUT2D eigenvalue weighted by Gasteiger charge is 2.15. The van der Waals surface area contributed by atoms with Gasteiger partial charge in [-0.1, -0.05) is 0 Å². The third kappa shape index (κ3) is 2.35. The van der Waals surface area contributed by atoms with Crippen molar-refractivity contribution in [3.8, 4) is 0 Å². The molecule has 0 aromatic carbocycles. The molecule has 96 valence electrons. The number of ketones is 1. The summed E-state index contributed by atoms with van der Waals surface area (Å²) in [6.07, 6.45) is 0. The minimum absolute atomic E-state index is 0.0166. The number of nitrogens with zero attached hydrogens (tertiary/aromatic N) is 2. The van der Waals surface area contributed by atoms with E-state index in [0.717, 1.165) is 29.2 Å². The van der Waals surface area contributed by atoms with Gasteiger partial charge in [0.1, 0.15) is 0 Å². The molecule has 0 bridgehead atoms. The Kier molecular flexibility index (Phi) is 3.88. The molecule has 0 atom stereocenters. The summed E-state index contributed by atoms with van der Waals surface area (Å²) in [5.41, 5.74) is 5.69. The Bertz CT molecular complexity index is 586. The van der Waals surface area contributed by atoms with E-state index in [1.54, 1.807) is 11.3 Å². The van der Waals surface area contributed by atoms with E-state index in [9.17, 15) is 4.79 Å². The van der Waals surface area contributed by atoms with Crippen molar-refractivity contribution < 1.29 is 4.79 Å². The van der Waals surface area contributed by atoms with Gasteiger partial charge >= 0.3 is 0 Å². The number of hydrogen-bond donors (Lipinski definition) is 0. The van der Waals surface area contributed by atoms with E-state index in [2.05, 4.69) is 9.55 Å². The van der Waals surface area contributed by atoms with Crippen molar-refractivity contribution in [3.63, 3.8) is 0 Å². The summed E-state index contributed by atoms with van der Waals surface area (Å²) in [4.78, 5) is 17.2. The molecule has 5 heteroatoms. The van der Waals surface area contributed by atoms with Crippen molar-refractivity contribution in [2.24, 2.45) is 0 Å². The Labute approximate surface area is 115 Å². The summed E-state index contributed by atoms with van der Waals surface area (Å²) in [5, 5.41) is 0. The van der Waals surface area contributed by atoms with E-state index in [-0.39, 0.29) is 11.7 Å². The first-order valence-corrected chi connectivity index (χ1v) is 7.11. The Morgan fingerprint density at radius 2 is 2.17 bits per heavy atom. The maximum atomic E-state index is 11.7. The fourth-order valence-corrected chi connectivity index (χ4v) is 2.93. The summed E-state index contributed by atoms with van der Waals surface area (Å²) in [5.74, 6) is 0.0150. The van der Waals surface area contributed by atoms with Crippen LogP contribution in [0.25, 0.3) is 0 Å². The molecular formula is C13H15ClN2OS. The minimum atomic E-state index is -0.0166. The van der Waals surface area contributed by atoms with Gasteiger partial charge in [-0.3, -0.25) is 4.79 Å². The Balaban J connectivity index is 2.37. The molecule has 2 rings (SSSR count). The number of aromatic nitrogens is 2. The van der Waals surface area contributed by atoms with Gasteiger partial charge in [-0.15, -0.1) is 22.9 Å². The smallest absolute Gasteiger partial charge is 0.179 e. The normalized spacial score (nSPS) is 10.9. The first-order chi connectivity index (χ1) is 8.54. The summed E-state index contributed by atoms with van der Waals surface area (Å²) in [6, 6.07) is 1.91. The quantitative estimate of drug-likeness (QED) is 0.637. The van der Waals surface area contributed by atoms with Gasteiger partial charge in [0.05, 0.1) is 23.6 Å². The average Bonchev–Trinajstić information content (AvgIpc) is 2.87. The van der Waals surface area contributed by atoms with Crippen LogP contribution >= 0.6 is 22.9 Å². The lowest BCUT2D eigenvalue weighted by Gasteiger charge is -2.08. The minimum Gasteiger partial charge on any atom is -0.343 e. The standard InChI is InChI=1S/C13H15ClN2OS/c1-8-4-11(12(17)5-14)10(3)16(8)6-13-9(2)15-7-18-13/h4,7H,5-6H2,1-3H3. The number of rotatable bonds is 4. The van der Waals surface area contributed by atoms with E-state index in [4.69, 9.17) is 11.6 Å². The third-order valence-corrected chi connectivity index (χ3v) is 4.30. The zero-order valence-corrected chi connectivity index (χ0v) is 12.2. The number of thiazole rings is 1. The second-order valence-electron chi connectivity index (χ2n) is 4.29. The topological polar surface area (TPSA) is 34.9 Å². The van der Waals surface area contributed by atoms with Gasteiger partial charge in [0.25, 0.3) is 0 Å². The first kappa shape index (κ1) is 13.3. The van der Waals surface area contributed by atoms with Crippen molar-refractivity contribution in [1.82, 2.24) is 9.55 Å². The molecule has 3 nitrogen and oxygen atoms in total. The average molecular weight is 283 g/mol. The SMILES string of the molecule is Cc1ncsc1Cn1c(C)cc(C(=O)CCl)c1C. The predicted octanol–water partition coefficient (Wildman–Crippen LogP) is 3.34. The molecule has 2 aromatic heterocycles. The molecular weight excluding hydrogens is 268 g/mol. The van der Waals surface area contributed by atoms with Crippen molar-refractivity contribution in [2.45, 2.75) is 27.3 Å². The molecule has 0 saturated heterocycles. The summed E-state index contributed by atoms with van der Waals surface area (Å²) < 4.78 is 2.14. The van der Waals surface area contributed by atoms with Crippen LogP contribution in [-0.2, 0) is 6.54 Å². The lowest BCUT2D eigenvalue weighted by Crippen LogP contribution is -2.06. The lowest BCUT2D eigenvalue weighted by atomic mass is 10.2. The molecule has 0 aliphatic carbocycles. The maximum Gasteiger partial charge on any atom is 0.179 e. The molecule has 2 aromatic rings. The Morgan fingerprint density at radius 1 is 1.44 bits per heavy atom. The van der Waals surface area contributed by atoms with Crippen LogP contribution in [0.1, 0.15) is 32.3 Å². The van der Waals surface area contributed by atoms with Crippen molar-refractivity contribution in [1.29, 1.82) is 0 Å². The largest absolute Gasteiger partial charge is 0.343 e. The monoisotopic (exact) mass is 282 g/mol. The number of carbonyl (C=O) groups excluding carboxylic acids is 1. The van der Waals surface area contributed by atoms with Crippen molar-refractivity contribution >= 4 is 28.7 Å². The molecule has 0 N–H and O–H groups in total. The molecule has 0 radical (unpaired) electrons. The highest BCUT2D eigenvalue weighted by atomic mass is 35.5. The fraction of sp³-hybridized carbons (Fsp3) is 0.385. The van der Waals surface area contributed by atoms with Crippen molar-refractivity contribution in [2.75, 3.05) is 5.88 Å². The van der Waals surface area contributed by atoms with Gasteiger partial charge < -0.3 is 4.57 Å². The molecule has 0 amide bonds. The maximum absolute atomic E-state index is 11.7. The van der Waals surface area contributed by atoms with E-state index in [1.807, 2.05) is 32.3 Å². The van der Waals surface area contributed by atoms with Gasteiger partial charge in [-0.05, 0) is 26.8 Å². The van der Waals surface area contributed by atoms with Crippen LogP contribution in [0, 0.1) is 20.8 Å². The van der Waals surface area contributed by atoms with Crippen LogP contribution in [0.2, 0.25) is 0 Å². The molecule has 18 heavy (non-hydrogen) atoms. The second-order valence-corrected chi connectivity index (χ2v) is 5.50. The van der Waals surface area contributed by atoms with E-state index >= 15 is 0 Å². The molecule has 2 heterocycles. The first-order valence-electron chi connectivity index (χ1n) is 5.69. The second kappa shape index (κ2) is 5.24. The zero-order chi connectivity index (χ0) is 13.3. The van der Waals surface area contributed by atoms with E-state index < -0.39 is 0 Å². The van der Waals surface area contributed by atoms with Crippen molar-refractivity contribution in [3.05, 3.63) is 39.1 Å². The molecule has 0 aliphatic rings. The molecule has 0 fully saturated rings. The number of alkyl halides is 1. The molecule has 0 aliphatic heterocycles. The Hall–Kier alpha value is -1.13. The number of Topliss-reactive ketones (excluding diaryl/α,β-unsaturated/α-hetero) is 1. The Morgan fingerprint density at radius 3 is 2.72 bits per heavy atom. The number of carbonyl (C=O) groups is 1. The zero-order valence-electron chi connectivity index (χ0n) is 10.7.